The molecule has 0 aliphatic rings. The predicted octanol–water partition coefficient (Wildman–Crippen LogP) is -0.120. The highest BCUT2D eigenvalue weighted by Crippen LogP contribution is 2.14. The fourth-order valence-electron chi connectivity index (χ4n) is 1.13. The zero-order chi connectivity index (χ0) is 13.1. The molecule has 0 aromatic heterocycles. The molecule has 1 aromatic carbocycles. The molecule has 0 saturated heterocycles. The minimum atomic E-state index is -3.75. The van der Waals surface area contributed by atoms with Crippen LogP contribution in [0.1, 0.15) is 6.92 Å². The lowest BCUT2D eigenvalue weighted by atomic mass is 10.3. The third-order valence-electron chi connectivity index (χ3n) is 2.26. The van der Waals surface area contributed by atoms with Crippen LogP contribution in [-0.4, -0.2) is 27.4 Å². The van der Waals surface area contributed by atoms with Gasteiger partial charge in [-0.3, -0.25) is 4.79 Å². The van der Waals surface area contributed by atoms with E-state index in [4.69, 9.17) is 5.14 Å². The maximum Gasteiger partial charge on any atom is 0.241 e. The third kappa shape index (κ3) is 3.81. The molecule has 6 nitrogen and oxygen atoms in total. The summed E-state index contributed by atoms with van der Waals surface area (Å²) < 4.78 is 22.2. The summed E-state index contributed by atoms with van der Waals surface area (Å²) in [6, 6.07) is 5.42. The van der Waals surface area contributed by atoms with Gasteiger partial charge < -0.3 is 10.6 Å². The average Bonchev–Trinajstić information content (AvgIpc) is 2.27. The largest absolute Gasteiger partial charge is 0.325 e. The summed E-state index contributed by atoms with van der Waals surface area (Å²) in [5, 5.41) is 10.3. The third-order valence-corrected chi connectivity index (χ3v) is 3.17. The number of sulfonamides is 1. The first-order valence-corrected chi connectivity index (χ1v) is 6.50. The van der Waals surface area contributed by atoms with Crippen molar-refractivity contribution in [2.45, 2.75) is 17.9 Å². The number of carbonyl (C=O) groups excluding carboxylic acids is 1. The van der Waals surface area contributed by atoms with Gasteiger partial charge >= 0.3 is 0 Å². The van der Waals surface area contributed by atoms with E-state index in [1.54, 1.807) is 20.0 Å². The predicted molar refractivity (Wildman–Crippen MR) is 65.0 cm³/mol. The van der Waals surface area contributed by atoms with Crippen molar-refractivity contribution in [1.29, 1.82) is 0 Å². The molecule has 0 radical (unpaired) electrons. The van der Waals surface area contributed by atoms with Gasteiger partial charge in [0.2, 0.25) is 15.9 Å². The lowest BCUT2D eigenvalue weighted by Crippen LogP contribution is -2.35. The SMILES string of the molecule is CNC(C)C(=O)Nc1cccc(S(N)(=O)=O)c1. The highest BCUT2D eigenvalue weighted by Gasteiger charge is 2.12. The van der Waals surface area contributed by atoms with Crippen molar-refractivity contribution in [3.63, 3.8) is 0 Å². The molecule has 17 heavy (non-hydrogen) atoms. The van der Waals surface area contributed by atoms with Crippen molar-refractivity contribution in [3.8, 4) is 0 Å². The topological polar surface area (TPSA) is 101 Å². The summed E-state index contributed by atoms with van der Waals surface area (Å²) in [6.45, 7) is 1.69. The number of nitrogens with one attached hydrogen (secondary N) is 2. The Morgan fingerprint density at radius 1 is 1.41 bits per heavy atom. The first-order valence-electron chi connectivity index (χ1n) is 4.95. The van der Waals surface area contributed by atoms with Crippen molar-refractivity contribution in [2.24, 2.45) is 5.14 Å². The molecule has 0 heterocycles. The molecule has 1 aromatic rings. The minimum Gasteiger partial charge on any atom is -0.325 e. The molecule has 0 fully saturated rings. The lowest BCUT2D eigenvalue weighted by molar-refractivity contribution is -0.117. The number of carbonyl (C=O) groups is 1. The lowest BCUT2D eigenvalue weighted by Gasteiger charge is -2.11. The van der Waals surface area contributed by atoms with Crippen LogP contribution >= 0.6 is 0 Å². The van der Waals surface area contributed by atoms with Crippen molar-refractivity contribution < 1.29 is 13.2 Å². The van der Waals surface area contributed by atoms with E-state index in [2.05, 4.69) is 10.6 Å². The second-order valence-corrected chi connectivity index (χ2v) is 5.13. The van der Waals surface area contributed by atoms with Crippen molar-refractivity contribution in [1.82, 2.24) is 5.32 Å². The molecule has 0 bridgehead atoms. The molecule has 0 aliphatic carbocycles. The van der Waals surface area contributed by atoms with Gasteiger partial charge in [-0.2, -0.15) is 0 Å². The Morgan fingerprint density at radius 3 is 2.59 bits per heavy atom. The van der Waals surface area contributed by atoms with Gasteiger partial charge in [0.1, 0.15) is 0 Å². The zero-order valence-corrected chi connectivity index (χ0v) is 10.4. The summed E-state index contributed by atoms with van der Waals surface area (Å²) in [7, 11) is -2.10. The Balaban J connectivity index is 2.91. The molecule has 4 N–H and O–H groups in total. The number of benzene rings is 1. The van der Waals surface area contributed by atoms with Crippen molar-refractivity contribution in [2.75, 3.05) is 12.4 Å². The van der Waals surface area contributed by atoms with Crippen molar-refractivity contribution in [3.05, 3.63) is 24.3 Å². The number of amides is 1. The van der Waals surface area contributed by atoms with Crippen LogP contribution in [0.4, 0.5) is 5.69 Å². The molecule has 1 atom stereocenters. The van der Waals surface area contributed by atoms with E-state index in [0.717, 1.165) is 0 Å². The van der Waals surface area contributed by atoms with E-state index in [9.17, 15) is 13.2 Å². The second kappa shape index (κ2) is 5.26. The number of likely N-dealkylation sites (N-methyl/N-ethyl adjacent to an activating group) is 1. The van der Waals surface area contributed by atoms with E-state index in [-0.39, 0.29) is 16.8 Å². The van der Waals surface area contributed by atoms with Crippen LogP contribution in [0.5, 0.6) is 0 Å². The highest BCUT2D eigenvalue weighted by molar-refractivity contribution is 7.89. The fraction of sp³-hybridized carbons (Fsp3) is 0.300. The number of hydrogen-bond donors (Lipinski definition) is 3. The van der Waals surface area contributed by atoms with Crippen LogP contribution in [0.3, 0.4) is 0 Å². The van der Waals surface area contributed by atoms with Gasteiger partial charge in [0.05, 0.1) is 10.9 Å². The van der Waals surface area contributed by atoms with Gasteiger partial charge in [0.25, 0.3) is 0 Å². The molecule has 7 heteroatoms. The van der Waals surface area contributed by atoms with Crippen LogP contribution in [0.25, 0.3) is 0 Å². The van der Waals surface area contributed by atoms with Crippen LogP contribution < -0.4 is 15.8 Å². The average molecular weight is 257 g/mol. The van der Waals surface area contributed by atoms with E-state index in [0.29, 0.717) is 5.69 Å². The minimum absolute atomic E-state index is 0.0348. The standard InChI is InChI=1S/C10H15N3O3S/c1-7(12-2)10(14)13-8-4-3-5-9(6-8)17(11,15)16/h3-7,12H,1-2H3,(H,13,14)(H2,11,15,16). The molecule has 1 unspecified atom stereocenters. The Labute approximate surface area is 100 Å². The Hall–Kier alpha value is -1.44. The molecule has 0 aliphatic heterocycles. The Kier molecular flexibility index (Phi) is 4.22. The van der Waals surface area contributed by atoms with Gasteiger partial charge in [-0.25, -0.2) is 13.6 Å². The first-order chi connectivity index (χ1) is 7.84. The molecule has 1 rings (SSSR count). The van der Waals surface area contributed by atoms with E-state index >= 15 is 0 Å². The van der Waals surface area contributed by atoms with Gasteiger partial charge in [-0.1, -0.05) is 6.07 Å². The summed E-state index contributed by atoms with van der Waals surface area (Å²) in [5.41, 5.74) is 0.392. The van der Waals surface area contributed by atoms with Gasteiger partial charge in [0, 0.05) is 5.69 Å². The molecule has 1 amide bonds. The highest BCUT2D eigenvalue weighted by atomic mass is 32.2. The maximum absolute atomic E-state index is 11.6. The van der Waals surface area contributed by atoms with Crippen LogP contribution in [-0.2, 0) is 14.8 Å². The van der Waals surface area contributed by atoms with E-state index in [1.807, 2.05) is 0 Å². The number of nitrogens with two attached hydrogens (primary N) is 1. The van der Waals surface area contributed by atoms with Crippen LogP contribution in [0, 0.1) is 0 Å². The Morgan fingerprint density at radius 2 is 2.06 bits per heavy atom. The first kappa shape index (κ1) is 13.6. The van der Waals surface area contributed by atoms with Gasteiger partial charge in [0.15, 0.2) is 0 Å². The molecule has 94 valence electrons. The van der Waals surface area contributed by atoms with Gasteiger partial charge in [-0.05, 0) is 32.2 Å². The maximum atomic E-state index is 11.6. The number of hydrogen-bond acceptors (Lipinski definition) is 4. The quantitative estimate of drug-likeness (QED) is 0.700. The van der Waals surface area contributed by atoms with Gasteiger partial charge in [-0.15, -0.1) is 0 Å². The molecular formula is C10H15N3O3S. The van der Waals surface area contributed by atoms with E-state index < -0.39 is 10.0 Å². The molecule has 0 saturated carbocycles. The smallest absolute Gasteiger partial charge is 0.241 e. The number of primary sulfonamides is 1. The monoisotopic (exact) mass is 257 g/mol. The zero-order valence-electron chi connectivity index (χ0n) is 9.60. The molecule has 0 spiro atoms. The summed E-state index contributed by atoms with van der Waals surface area (Å²) in [4.78, 5) is 11.5. The van der Waals surface area contributed by atoms with E-state index in [1.165, 1.54) is 18.2 Å². The van der Waals surface area contributed by atoms with Crippen LogP contribution in [0.15, 0.2) is 29.2 Å². The number of rotatable bonds is 4. The van der Waals surface area contributed by atoms with Crippen LogP contribution in [0.2, 0.25) is 0 Å². The fourth-order valence-corrected chi connectivity index (χ4v) is 1.69. The molecular weight excluding hydrogens is 242 g/mol. The second-order valence-electron chi connectivity index (χ2n) is 3.57. The summed E-state index contributed by atoms with van der Waals surface area (Å²) in [6.07, 6.45) is 0. The Bertz CT molecular complexity index is 513. The number of anilines is 1. The summed E-state index contributed by atoms with van der Waals surface area (Å²) >= 11 is 0. The normalized spacial score (nSPS) is 13.1. The summed E-state index contributed by atoms with van der Waals surface area (Å²) in [5.74, 6) is -0.251. The van der Waals surface area contributed by atoms with Crippen molar-refractivity contribution >= 4 is 21.6 Å².